The Bertz CT molecular complexity index is 675. The number of nitrogens with zero attached hydrogens (tertiary/aromatic N) is 1. The summed E-state index contributed by atoms with van der Waals surface area (Å²) in [6.07, 6.45) is 5.31. The van der Waals surface area contributed by atoms with Gasteiger partial charge in [-0.15, -0.1) is 0 Å². The normalized spacial score (nSPS) is 34.0. The summed E-state index contributed by atoms with van der Waals surface area (Å²) in [6, 6.07) is 0. The zero-order chi connectivity index (χ0) is 22.0. The van der Waals surface area contributed by atoms with Gasteiger partial charge in [0, 0.05) is 12.3 Å². The van der Waals surface area contributed by atoms with Crippen LogP contribution >= 0.6 is 0 Å². The number of hydrogen-bond acceptors (Lipinski definition) is 8. The van der Waals surface area contributed by atoms with Gasteiger partial charge in [0.05, 0.1) is 12.6 Å². The molecule has 0 spiro atoms. The van der Waals surface area contributed by atoms with E-state index >= 15 is 0 Å². The molecule has 8 nitrogen and oxygen atoms in total. The standard InChI is InChI=1S/C23H35NO7/c1-14(2)23(30-17-11-15-6-7-16(17)10-15)31-22(27)19-12-18(21(26)29-19)28-20(25)13-24-8-4-3-5-9-24/h14-19,23H,3-13H2,1-2H3. The van der Waals surface area contributed by atoms with Gasteiger partial charge in [-0.05, 0) is 63.5 Å². The highest BCUT2D eigenvalue weighted by molar-refractivity contribution is 5.87. The average Bonchev–Trinajstić information content (AvgIpc) is 3.44. The number of likely N-dealkylation sites (tertiary alicyclic amines) is 1. The zero-order valence-electron chi connectivity index (χ0n) is 18.6. The molecule has 174 valence electrons. The molecule has 4 rings (SSSR count). The summed E-state index contributed by atoms with van der Waals surface area (Å²) in [5.41, 5.74) is 0. The van der Waals surface area contributed by atoms with E-state index in [1.54, 1.807) is 0 Å². The molecule has 2 aliphatic heterocycles. The summed E-state index contributed by atoms with van der Waals surface area (Å²) >= 11 is 0. The van der Waals surface area contributed by atoms with Gasteiger partial charge < -0.3 is 18.9 Å². The molecule has 2 saturated heterocycles. The highest BCUT2D eigenvalue weighted by Crippen LogP contribution is 2.46. The van der Waals surface area contributed by atoms with E-state index in [9.17, 15) is 14.4 Å². The third-order valence-corrected chi connectivity index (χ3v) is 7.05. The van der Waals surface area contributed by atoms with Crippen molar-refractivity contribution < 1.29 is 33.3 Å². The Morgan fingerprint density at radius 2 is 1.87 bits per heavy atom. The molecule has 0 aromatic heterocycles. The van der Waals surface area contributed by atoms with E-state index < -0.39 is 36.4 Å². The van der Waals surface area contributed by atoms with Crippen LogP contribution in [0.25, 0.3) is 0 Å². The lowest BCUT2D eigenvalue weighted by atomic mass is 9.97. The predicted octanol–water partition coefficient (Wildman–Crippen LogP) is 2.43. The molecule has 2 bridgehead atoms. The number of cyclic esters (lactones) is 1. The summed E-state index contributed by atoms with van der Waals surface area (Å²) in [7, 11) is 0. The molecule has 2 aliphatic carbocycles. The maximum Gasteiger partial charge on any atom is 0.349 e. The minimum Gasteiger partial charge on any atom is -0.449 e. The molecule has 0 amide bonds. The van der Waals surface area contributed by atoms with Gasteiger partial charge in [-0.1, -0.05) is 20.3 Å². The fourth-order valence-electron chi connectivity index (χ4n) is 5.33. The van der Waals surface area contributed by atoms with Crippen LogP contribution in [-0.4, -0.2) is 67.0 Å². The first-order valence-electron chi connectivity index (χ1n) is 11.9. The molecule has 0 aromatic rings. The molecule has 0 N–H and O–H groups in total. The number of rotatable bonds is 8. The molecule has 6 unspecified atom stereocenters. The van der Waals surface area contributed by atoms with E-state index in [1.807, 2.05) is 18.7 Å². The molecular formula is C23H35NO7. The van der Waals surface area contributed by atoms with Crippen molar-refractivity contribution in [2.24, 2.45) is 17.8 Å². The number of ether oxygens (including phenoxy) is 4. The second kappa shape index (κ2) is 9.86. The highest BCUT2D eigenvalue weighted by atomic mass is 16.7. The van der Waals surface area contributed by atoms with Gasteiger partial charge in [0.25, 0.3) is 0 Å². The number of piperidine rings is 1. The summed E-state index contributed by atoms with van der Waals surface area (Å²) in [5.74, 6) is -0.516. The number of carbonyl (C=O) groups is 3. The molecule has 0 radical (unpaired) electrons. The van der Waals surface area contributed by atoms with Gasteiger partial charge in [-0.2, -0.15) is 0 Å². The summed E-state index contributed by atoms with van der Waals surface area (Å²) < 4.78 is 22.2. The smallest absolute Gasteiger partial charge is 0.349 e. The van der Waals surface area contributed by atoms with Gasteiger partial charge in [0.1, 0.15) is 0 Å². The van der Waals surface area contributed by atoms with Crippen molar-refractivity contribution in [2.45, 2.75) is 89.8 Å². The Kier molecular flexibility index (Phi) is 7.16. The third kappa shape index (κ3) is 5.58. The number of carbonyl (C=O) groups excluding carboxylic acids is 3. The molecule has 4 aliphatic rings. The molecule has 8 heteroatoms. The Labute approximate surface area is 183 Å². The van der Waals surface area contributed by atoms with Crippen molar-refractivity contribution in [1.82, 2.24) is 4.90 Å². The molecule has 2 heterocycles. The van der Waals surface area contributed by atoms with Gasteiger partial charge in [-0.3, -0.25) is 9.69 Å². The van der Waals surface area contributed by atoms with Gasteiger partial charge in [0.15, 0.2) is 0 Å². The summed E-state index contributed by atoms with van der Waals surface area (Å²) in [6.45, 7) is 5.76. The fourth-order valence-corrected chi connectivity index (χ4v) is 5.33. The van der Waals surface area contributed by atoms with Crippen LogP contribution in [0.3, 0.4) is 0 Å². The van der Waals surface area contributed by atoms with Crippen LogP contribution in [0.15, 0.2) is 0 Å². The van der Waals surface area contributed by atoms with Crippen LogP contribution in [0, 0.1) is 17.8 Å². The van der Waals surface area contributed by atoms with Gasteiger partial charge in [-0.25, -0.2) is 9.59 Å². The van der Waals surface area contributed by atoms with Crippen molar-refractivity contribution in [3.63, 3.8) is 0 Å². The van der Waals surface area contributed by atoms with Crippen molar-refractivity contribution in [2.75, 3.05) is 19.6 Å². The van der Waals surface area contributed by atoms with Crippen LogP contribution in [0.4, 0.5) is 0 Å². The Morgan fingerprint density at radius 1 is 1.10 bits per heavy atom. The van der Waals surface area contributed by atoms with Crippen LogP contribution < -0.4 is 0 Å². The van der Waals surface area contributed by atoms with E-state index in [0.717, 1.165) is 38.3 Å². The maximum atomic E-state index is 12.7. The van der Waals surface area contributed by atoms with E-state index in [0.29, 0.717) is 5.92 Å². The first-order chi connectivity index (χ1) is 14.9. The zero-order valence-corrected chi connectivity index (χ0v) is 18.6. The van der Waals surface area contributed by atoms with Gasteiger partial charge >= 0.3 is 17.9 Å². The average molecular weight is 438 g/mol. The molecule has 0 aromatic carbocycles. The topological polar surface area (TPSA) is 91.4 Å². The van der Waals surface area contributed by atoms with E-state index in [1.165, 1.54) is 25.7 Å². The lowest BCUT2D eigenvalue weighted by molar-refractivity contribution is -0.214. The van der Waals surface area contributed by atoms with Crippen molar-refractivity contribution in [1.29, 1.82) is 0 Å². The van der Waals surface area contributed by atoms with Crippen molar-refractivity contribution >= 4 is 17.9 Å². The number of esters is 3. The molecule has 2 saturated carbocycles. The number of hydrogen-bond donors (Lipinski definition) is 0. The van der Waals surface area contributed by atoms with Crippen molar-refractivity contribution in [3.8, 4) is 0 Å². The number of fused-ring (bicyclic) bond motifs is 2. The molecule has 6 atom stereocenters. The first kappa shape index (κ1) is 22.5. The third-order valence-electron chi connectivity index (χ3n) is 7.05. The SMILES string of the molecule is CC(C)C(OC(=O)C1CC(OC(=O)CN2CCCCC2)C(=O)O1)OC1CC2CCC1C2. The summed E-state index contributed by atoms with van der Waals surface area (Å²) in [5, 5.41) is 0. The van der Waals surface area contributed by atoms with Crippen molar-refractivity contribution in [3.05, 3.63) is 0 Å². The monoisotopic (exact) mass is 437 g/mol. The van der Waals surface area contributed by atoms with E-state index in [-0.39, 0.29) is 25.0 Å². The Hall–Kier alpha value is -1.67. The molecule has 31 heavy (non-hydrogen) atoms. The minimum atomic E-state index is -1.06. The second-order valence-electron chi connectivity index (χ2n) is 9.88. The largest absolute Gasteiger partial charge is 0.449 e. The minimum absolute atomic E-state index is 0.0116. The predicted molar refractivity (Wildman–Crippen MR) is 110 cm³/mol. The lowest BCUT2D eigenvalue weighted by Crippen LogP contribution is -2.37. The Morgan fingerprint density at radius 3 is 2.52 bits per heavy atom. The van der Waals surface area contributed by atoms with E-state index in [2.05, 4.69) is 0 Å². The fraction of sp³-hybridized carbons (Fsp3) is 0.870. The van der Waals surface area contributed by atoms with Crippen LogP contribution in [0.1, 0.15) is 65.2 Å². The lowest BCUT2D eigenvalue weighted by Gasteiger charge is -2.30. The quantitative estimate of drug-likeness (QED) is 0.325. The van der Waals surface area contributed by atoms with Crippen LogP contribution in [0.5, 0.6) is 0 Å². The first-order valence-corrected chi connectivity index (χ1v) is 11.9. The van der Waals surface area contributed by atoms with E-state index in [4.69, 9.17) is 18.9 Å². The second-order valence-corrected chi connectivity index (χ2v) is 9.88. The Balaban J connectivity index is 1.25. The summed E-state index contributed by atoms with van der Waals surface area (Å²) in [4.78, 5) is 39.0. The highest BCUT2D eigenvalue weighted by Gasteiger charge is 2.45. The van der Waals surface area contributed by atoms with Crippen LogP contribution in [0.2, 0.25) is 0 Å². The maximum absolute atomic E-state index is 12.7. The molecular weight excluding hydrogens is 402 g/mol. The van der Waals surface area contributed by atoms with Gasteiger partial charge in [0.2, 0.25) is 18.5 Å². The molecule has 4 fully saturated rings. The van der Waals surface area contributed by atoms with Crippen LogP contribution in [-0.2, 0) is 33.3 Å².